The first kappa shape index (κ1) is 12.0. The zero-order valence-corrected chi connectivity index (χ0v) is 10.7. The summed E-state index contributed by atoms with van der Waals surface area (Å²) in [5.74, 6) is 0.0845. The number of hydrogen-bond acceptors (Lipinski definition) is 3. The van der Waals surface area contributed by atoms with Crippen molar-refractivity contribution in [1.29, 1.82) is 0 Å². The Bertz CT molecular complexity index is 376. The molecule has 1 saturated carbocycles. The zero-order valence-electron chi connectivity index (χ0n) is 10.7. The summed E-state index contributed by atoms with van der Waals surface area (Å²) in [6.45, 7) is 3.32. The molecule has 3 fully saturated rings. The summed E-state index contributed by atoms with van der Waals surface area (Å²) >= 11 is 0. The first-order chi connectivity index (χ1) is 8.62. The molecule has 5 heteroatoms. The monoisotopic (exact) mass is 251 g/mol. The van der Waals surface area contributed by atoms with E-state index in [-0.39, 0.29) is 29.1 Å². The van der Waals surface area contributed by atoms with Crippen molar-refractivity contribution in [2.45, 2.75) is 25.7 Å². The second-order valence-corrected chi connectivity index (χ2v) is 6.04. The number of amides is 2. The molecule has 18 heavy (non-hydrogen) atoms. The van der Waals surface area contributed by atoms with Crippen molar-refractivity contribution in [1.82, 2.24) is 10.2 Å². The fourth-order valence-electron chi connectivity index (χ4n) is 3.59. The minimum absolute atomic E-state index is 0.128. The molecule has 0 aromatic rings. The number of carbonyl (C=O) groups excluding carboxylic acids is 2. The summed E-state index contributed by atoms with van der Waals surface area (Å²) in [4.78, 5) is 25.4. The maximum Gasteiger partial charge on any atom is 0.226 e. The van der Waals surface area contributed by atoms with Crippen molar-refractivity contribution in [3.8, 4) is 0 Å². The summed E-state index contributed by atoms with van der Waals surface area (Å²) in [6.07, 6.45) is 4.03. The zero-order chi connectivity index (χ0) is 12.8. The number of rotatable bonds is 2. The van der Waals surface area contributed by atoms with Gasteiger partial charge in [0.15, 0.2) is 0 Å². The van der Waals surface area contributed by atoms with Crippen LogP contribution < -0.4 is 11.1 Å². The molecule has 0 aromatic carbocycles. The Morgan fingerprint density at radius 2 is 2.00 bits per heavy atom. The Balaban J connectivity index is 1.59. The van der Waals surface area contributed by atoms with Crippen LogP contribution in [0.2, 0.25) is 0 Å². The van der Waals surface area contributed by atoms with Crippen LogP contribution in [0.3, 0.4) is 0 Å². The molecule has 3 aliphatic rings. The molecule has 2 aliphatic heterocycles. The predicted molar refractivity (Wildman–Crippen MR) is 66.5 cm³/mol. The lowest BCUT2D eigenvalue weighted by atomic mass is 9.91. The van der Waals surface area contributed by atoms with E-state index in [4.69, 9.17) is 5.73 Å². The molecule has 0 bridgehead atoms. The van der Waals surface area contributed by atoms with Gasteiger partial charge in [-0.2, -0.15) is 0 Å². The lowest BCUT2D eigenvalue weighted by Gasteiger charge is -2.25. The summed E-state index contributed by atoms with van der Waals surface area (Å²) in [5, 5.41) is 3.35. The van der Waals surface area contributed by atoms with Crippen molar-refractivity contribution in [2.75, 3.05) is 26.2 Å². The highest BCUT2D eigenvalue weighted by molar-refractivity contribution is 5.85. The van der Waals surface area contributed by atoms with E-state index >= 15 is 0 Å². The average molecular weight is 251 g/mol. The molecule has 3 rings (SSSR count). The third kappa shape index (κ3) is 1.90. The number of likely N-dealkylation sites (tertiary alicyclic amines) is 1. The summed E-state index contributed by atoms with van der Waals surface area (Å²) < 4.78 is 0. The molecule has 0 aromatic heterocycles. The maximum absolute atomic E-state index is 12.4. The summed E-state index contributed by atoms with van der Waals surface area (Å²) in [6, 6.07) is 0. The van der Waals surface area contributed by atoms with Gasteiger partial charge in [-0.1, -0.05) is 0 Å². The number of piperidine rings is 1. The summed E-state index contributed by atoms with van der Waals surface area (Å²) in [5.41, 5.74) is 5.59. The standard InChI is InChI=1S/C13H21N3O2/c14-11(17)9-1-6-16(8-9)12(18)10-7-13(10)2-4-15-5-3-13/h9-10,15H,1-8H2,(H2,14,17). The van der Waals surface area contributed by atoms with Crippen LogP contribution >= 0.6 is 0 Å². The van der Waals surface area contributed by atoms with Gasteiger partial charge < -0.3 is 16.0 Å². The van der Waals surface area contributed by atoms with Gasteiger partial charge in [-0.15, -0.1) is 0 Å². The van der Waals surface area contributed by atoms with Gasteiger partial charge in [0.25, 0.3) is 0 Å². The molecule has 2 heterocycles. The van der Waals surface area contributed by atoms with Crippen molar-refractivity contribution >= 4 is 11.8 Å². The molecule has 1 aliphatic carbocycles. The van der Waals surface area contributed by atoms with Crippen LogP contribution in [-0.4, -0.2) is 42.9 Å². The molecule has 0 radical (unpaired) electrons. The van der Waals surface area contributed by atoms with Crippen LogP contribution in [-0.2, 0) is 9.59 Å². The lowest BCUT2D eigenvalue weighted by molar-refractivity contribution is -0.132. The Hall–Kier alpha value is -1.10. The Morgan fingerprint density at radius 3 is 2.61 bits per heavy atom. The number of carbonyl (C=O) groups is 2. The van der Waals surface area contributed by atoms with Gasteiger partial charge in [-0.25, -0.2) is 0 Å². The molecule has 3 N–H and O–H groups in total. The maximum atomic E-state index is 12.4. The molecule has 2 unspecified atom stereocenters. The minimum Gasteiger partial charge on any atom is -0.369 e. The van der Waals surface area contributed by atoms with Crippen LogP contribution in [0.4, 0.5) is 0 Å². The van der Waals surface area contributed by atoms with Crippen molar-refractivity contribution in [2.24, 2.45) is 23.0 Å². The van der Waals surface area contributed by atoms with E-state index in [9.17, 15) is 9.59 Å². The summed E-state index contributed by atoms with van der Waals surface area (Å²) in [7, 11) is 0. The van der Waals surface area contributed by atoms with Gasteiger partial charge in [-0.3, -0.25) is 9.59 Å². The first-order valence-corrected chi connectivity index (χ1v) is 6.91. The normalized spacial score (nSPS) is 33.7. The Labute approximate surface area is 107 Å². The van der Waals surface area contributed by atoms with Crippen molar-refractivity contribution < 1.29 is 9.59 Å². The van der Waals surface area contributed by atoms with Gasteiger partial charge in [0, 0.05) is 19.0 Å². The van der Waals surface area contributed by atoms with E-state index in [2.05, 4.69) is 5.32 Å². The van der Waals surface area contributed by atoms with Gasteiger partial charge >= 0.3 is 0 Å². The second kappa shape index (κ2) is 4.23. The molecule has 5 nitrogen and oxygen atoms in total. The molecule has 2 amide bonds. The smallest absolute Gasteiger partial charge is 0.226 e. The number of nitrogens with one attached hydrogen (secondary N) is 1. The minimum atomic E-state index is -0.266. The van der Waals surface area contributed by atoms with Crippen LogP contribution in [0.15, 0.2) is 0 Å². The van der Waals surface area contributed by atoms with E-state index in [1.807, 2.05) is 4.90 Å². The van der Waals surface area contributed by atoms with Gasteiger partial charge in [-0.05, 0) is 44.2 Å². The molecule has 100 valence electrons. The molecule has 1 spiro atoms. The Kier molecular flexibility index (Phi) is 2.81. The Morgan fingerprint density at radius 1 is 1.28 bits per heavy atom. The SMILES string of the molecule is NC(=O)C1CCN(C(=O)C2CC23CCNCC3)C1. The van der Waals surface area contributed by atoms with E-state index < -0.39 is 0 Å². The van der Waals surface area contributed by atoms with Crippen LogP contribution in [0.1, 0.15) is 25.7 Å². The lowest BCUT2D eigenvalue weighted by Crippen LogP contribution is -2.36. The van der Waals surface area contributed by atoms with E-state index in [1.165, 1.54) is 0 Å². The van der Waals surface area contributed by atoms with E-state index in [1.54, 1.807) is 0 Å². The number of primary amides is 1. The highest BCUT2D eigenvalue weighted by atomic mass is 16.2. The molecular weight excluding hydrogens is 230 g/mol. The van der Waals surface area contributed by atoms with Gasteiger partial charge in [0.05, 0.1) is 5.92 Å². The number of hydrogen-bond donors (Lipinski definition) is 2. The second-order valence-electron chi connectivity index (χ2n) is 6.04. The van der Waals surface area contributed by atoms with E-state index in [0.29, 0.717) is 13.1 Å². The van der Waals surface area contributed by atoms with Crippen LogP contribution in [0.25, 0.3) is 0 Å². The molecule has 2 saturated heterocycles. The van der Waals surface area contributed by atoms with Crippen LogP contribution in [0, 0.1) is 17.3 Å². The highest BCUT2D eigenvalue weighted by Gasteiger charge is 2.58. The first-order valence-electron chi connectivity index (χ1n) is 6.91. The fraction of sp³-hybridized carbons (Fsp3) is 0.846. The average Bonchev–Trinajstić information content (AvgIpc) is 2.85. The topological polar surface area (TPSA) is 75.4 Å². The quantitative estimate of drug-likeness (QED) is 0.708. The van der Waals surface area contributed by atoms with Gasteiger partial charge in [0.1, 0.15) is 0 Å². The fourth-order valence-corrected chi connectivity index (χ4v) is 3.59. The number of nitrogens with two attached hydrogens (primary N) is 1. The molecule has 2 atom stereocenters. The van der Waals surface area contributed by atoms with Gasteiger partial charge in [0.2, 0.25) is 11.8 Å². The van der Waals surface area contributed by atoms with Crippen molar-refractivity contribution in [3.63, 3.8) is 0 Å². The molecular formula is C13H21N3O2. The van der Waals surface area contributed by atoms with E-state index in [0.717, 1.165) is 38.8 Å². The van der Waals surface area contributed by atoms with Crippen LogP contribution in [0.5, 0.6) is 0 Å². The third-order valence-electron chi connectivity index (χ3n) is 4.99. The number of nitrogens with zero attached hydrogens (tertiary/aromatic N) is 1. The predicted octanol–water partition coefficient (Wildman–Crippen LogP) is -0.290. The highest BCUT2D eigenvalue weighted by Crippen LogP contribution is 2.59. The largest absolute Gasteiger partial charge is 0.369 e. The third-order valence-corrected chi connectivity index (χ3v) is 4.99. The van der Waals surface area contributed by atoms with Crippen molar-refractivity contribution in [3.05, 3.63) is 0 Å².